The van der Waals surface area contributed by atoms with E-state index in [0.29, 0.717) is 12.5 Å². The van der Waals surface area contributed by atoms with Gasteiger partial charge < -0.3 is 16.2 Å². The van der Waals surface area contributed by atoms with Gasteiger partial charge >= 0.3 is 0 Å². The second kappa shape index (κ2) is 6.37. The van der Waals surface area contributed by atoms with Gasteiger partial charge in [-0.1, -0.05) is 37.3 Å². The minimum Gasteiger partial charge on any atom is -0.388 e. The van der Waals surface area contributed by atoms with E-state index in [4.69, 9.17) is 5.73 Å². The number of aliphatic hydroxyl groups is 1. The number of benzene rings is 1. The molecule has 0 heterocycles. The number of nitrogens with two attached hydrogens (primary N) is 1. The molecule has 0 spiro atoms. The monoisotopic (exact) mass is 276 g/mol. The zero-order valence-electron chi connectivity index (χ0n) is 12.0. The molecule has 110 valence electrons. The van der Waals surface area contributed by atoms with E-state index in [1.54, 1.807) is 0 Å². The van der Waals surface area contributed by atoms with Crippen molar-refractivity contribution >= 4 is 5.91 Å². The first-order chi connectivity index (χ1) is 9.50. The van der Waals surface area contributed by atoms with Gasteiger partial charge in [-0.2, -0.15) is 0 Å². The van der Waals surface area contributed by atoms with Crippen LogP contribution in [0.1, 0.15) is 44.2 Å². The van der Waals surface area contributed by atoms with Crippen LogP contribution in [0.5, 0.6) is 0 Å². The number of carbonyl (C=O) groups excluding carboxylic acids is 1. The Hall–Kier alpha value is -1.39. The van der Waals surface area contributed by atoms with Crippen LogP contribution in [-0.2, 0) is 4.79 Å². The van der Waals surface area contributed by atoms with E-state index in [1.807, 2.05) is 30.3 Å². The molecule has 1 aromatic rings. The smallest absolute Gasteiger partial charge is 0.241 e. The van der Waals surface area contributed by atoms with Crippen LogP contribution in [0.3, 0.4) is 0 Å². The zero-order chi connectivity index (χ0) is 14.6. The van der Waals surface area contributed by atoms with E-state index in [-0.39, 0.29) is 5.91 Å². The molecule has 1 aliphatic rings. The lowest BCUT2D eigenvalue weighted by Crippen LogP contribution is -2.47. The topological polar surface area (TPSA) is 75.3 Å². The Morgan fingerprint density at radius 3 is 2.60 bits per heavy atom. The number of rotatable bonds is 4. The average molecular weight is 276 g/mol. The molecule has 2 rings (SSSR count). The molecule has 1 amide bonds. The Kier molecular flexibility index (Phi) is 4.78. The third-order valence-electron chi connectivity index (χ3n) is 4.24. The summed E-state index contributed by atoms with van der Waals surface area (Å²) in [7, 11) is 0. The van der Waals surface area contributed by atoms with E-state index in [2.05, 4.69) is 12.2 Å². The predicted molar refractivity (Wildman–Crippen MR) is 79.0 cm³/mol. The molecule has 4 heteroatoms. The lowest BCUT2D eigenvalue weighted by atomic mass is 9.79. The Bertz CT molecular complexity index is 439. The number of nitrogens with one attached hydrogen (secondary N) is 1. The summed E-state index contributed by atoms with van der Waals surface area (Å²) in [4.78, 5) is 12.0. The number of amides is 1. The Morgan fingerprint density at radius 1 is 1.40 bits per heavy atom. The summed E-state index contributed by atoms with van der Waals surface area (Å²) in [6.45, 7) is 2.49. The number of carbonyl (C=O) groups is 1. The molecule has 0 bridgehead atoms. The summed E-state index contributed by atoms with van der Waals surface area (Å²) in [6, 6.07) is 8.60. The maximum atomic E-state index is 12.0. The molecule has 1 atom stereocenters. The van der Waals surface area contributed by atoms with Crippen molar-refractivity contribution in [2.75, 3.05) is 6.54 Å². The minimum absolute atomic E-state index is 0.233. The van der Waals surface area contributed by atoms with Crippen molar-refractivity contribution in [1.82, 2.24) is 5.32 Å². The molecule has 0 saturated heterocycles. The third kappa shape index (κ3) is 3.81. The van der Waals surface area contributed by atoms with Crippen molar-refractivity contribution in [1.29, 1.82) is 0 Å². The normalized spacial score (nSPS) is 27.9. The molecule has 4 N–H and O–H groups in total. The lowest BCUT2D eigenvalue weighted by molar-refractivity contribution is -0.124. The Labute approximate surface area is 120 Å². The van der Waals surface area contributed by atoms with Crippen LogP contribution in [-0.4, -0.2) is 23.2 Å². The molecule has 0 aromatic heterocycles. The summed E-state index contributed by atoms with van der Waals surface area (Å²) >= 11 is 0. The molecule has 1 fully saturated rings. The van der Waals surface area contributed by atoms with Crippen LogP contribution in [0, 0.1) is 5.92 Å². The second-order valence-electron chi connectivity index (χ2n) is 6.01. The van der Waals surface area contributed by atoms with Crippen LogP contribution in [0.15, 0.2) is 30.3 Å². The van der Waals surface area contributed by atoms with E-state index < -0.39 is 11.6 Å². The van der Waals surface area contributed by atoms with Crippen molar-refractivity contribution < 1.29 is 9.90 Å². The highest BCUT2D eigenvalue weighted by Gasteiger charge is 2.32. The first-order valence-electron chi connectivity index (χ1n) is 7.31. The fourth-order valence-corrected chi connectivity index (χ4v) is 2.65. The largest absolute Gasteiger partial charge is 0.388 e. The van der Waals surface area contributed by atoms with Crippen molar-refractivity contribution in [3.05, 3.63) is 35.9 Å². The first kappa shape index (κ1) is 15.0. The lowest BCUT2D eigenvalue weighted by Gasteiger charge is -2.35. The second-order valence-corrected chi connectivity index (χ2v) is 6.01. The van der Waals surface area contributed by atoms with E-state index in [9.17, 15) is 9.90 Å². The molecule has 0 radical (unpaired) electrons. The highest BCUT2D eigenvalue weighted by atomic mass is 16.3. The predicted octanol–water partition coefficient (Wildman–Crippen LogP) is 1.74. The standard InChI is InChI=1S/C16H24N2O2/c1-12-7-9-16(20,10-8-12)11-18-15(19)14(17)13-5-3-2-4-6-13/h2-6,12,14,20H,7-11,17H2,1H3,(H,18,19). The highest BCUT2D eigenvalue weighted by molar-refractivity contribution is 5.82. The van der Waals surface area contributed by atoms with Gasteiger partial charge in [0.1, 0.15) is 6.04 Å². The number of hydrogen-bond acceptors (Lipinski definition) is 3. The van der Waals surface area contributed by atoms with Gasteiger partial charge in [0.05, 0.1) is 5.60 Å². The van der Waals surface area contributed by atoms with Crippen LogP contribution in [0.2, 0.25) is 0 Å². The Morgan fingerprint density at radius 2 is 2.00 bits per heavy atom. The highest BCUT2D eigenvalue weighted by Crippen LogP contribution is 2.31. The summed E-state index contributed by atoms with van der Waals surface area (Å²) in [5.41, 5.74) is 5.95. The Balaban J connectivity index is 1.86. The molecule has 0 aliphatic heterocycles. The molecule has 1 unspecified atom stereocenters. The van der Waals surface area contributed by atoms with Gasteiger partial charge in [-0.25, -0.2) is 0 Å². The summed E-state index contributed by atoms with van der Waals surface area (Å²) in [5, 5.41) is 13.2. The molecular weight excluding hydrogens is 252 g/mol. The van der Waals surface area contributed by atoms with Crippen LogP contribution >= 0.6 is 0 Å². The van der Waals surface area contributed by atoms with Gasteiger partial charge in [0.25, 0.3) is 0 Å². The summed E-state index contributed by atoms with van der Waals surface area (Å²) in [5.74, 6) is 0.431. The van der Waals surface area contributed by atoms with Gasteiger partial charge in [-0.3, -0.25) is 4.79 Å². The molecular formula is C16H24N2O2. The maximum absolute atomic E-state index is 12.0. The van der Waals surface area contributed by atoms with Crippen LogP contribution < -0.4 is 11.1 Å². The third-order valence-corrected chi connectivity index (χ3v) is 4.24. The quantitative estimate of drug-likeness (QED) is 0.784. The van der Waals surface area contributed by atoms with Crippen LogP contribution in [0.4, 0.5) is 0 Å². The van der Waals surface area contributed by atoms with Gasteiger partial charge in [0.2, 0.25) is 5.91 Å². The fraction of sp³-hybridized carbons (Fsp3) is 0.562. The SMILES string of the molecule is CC1CCC(O)(CNC(=O)C(N)c2ccccc2)CC1. The van der Waals surface area contributed by atoms with Crippen molar-refractivity contribution in [3.8, 4) is 0 Å². The molecule has 4 nitrogen and oxygen atoms in total. The van der Waals surface area contributed by atoms with Crippen molar-refractivity contribution in [3.63, 3.8) is 0 Å². The van der Waals surface area contributed by atoms with Gasteiger partial charge in [-0.15, -0.1) is 0 Å². The summed E-state index contributed by atoms with van der Waals surface area (Å²) in [6.07, 6.45) is 3.51. The van der Waals surface area contributed by atoms with Crippen molar-refractivity contribution in [2.45, 2.75) is 44.2 Å². The first-order valence-corrected chi connectivity index (χ1v) is 7.31. The van der Waals surface area contributed by atoms with E-state index in [1.165, 1.54) is 0 Å². The average Bonchev–Trinajstić information content (AvgIpc) is 2.48. The molecule has 1 saturated carbocycles. The fourth-order valence-electron chi connectivity index (χ4n) is 2.65. The van der Waals surface area contributed by atoms with Gasteiger partial charge in [0, 0.05) is 6.54 Å². The maximum Gasteiger partial charge on any atom is 0.241 e. The van der Waals surface area contributed by atoms with Crippen LogP contribution in [0.25, 0.3) is 0 Å². The molecule has 1 aliphatic carbocycles. The minimum atomic E-state index is -0.765. The van der Waals surface area contributed by atoms with E-state index in [0.717, 1.165) is 31.2 Å². The van der Waals surface area contributed by atoms with Gasteiger partial charge in [-0.05, 0) is 37.2 Å². The van der Waals surface area contributed by atoms with E-state index >= 15 is 0 Å². The zero-order valence-corrected chi connectivity index (χ0v) is 12.0. The summed E-state index contributed by atoms with van der Waals surface area (Å²) < 4.78 is 0. The van der Waals surface area contributed by atoms with Gasteiger partial charge in [0.15, 0.2) is 0 Å². The van der Waals surface area contributed by atoms with Crippen molar-refractivity contribution in [2.24, 2.45) is 11.7 Å². The number of hydrogen-bond donors (Lipinski definition) is 3. The molecule has 20 heavy (non-hydrogen) atoms. The molecule has 1 aromatic carbocycles.